The molecule has 80 valence electrons. The topological polar surface area (TPSA) is 51.0 Å². The molecule has 3 aromatic rings. The van der Waals surface area contributed by atoms with Gasteiger partial charge in [0.25, 0.3) is 0 Å². The van der Waals surface area contributed by atoms with E-state index in [4.69, 9.17) is 4.52 Å². The minimum atomic E-state index is 0.623. The van der Waals surface area contributed by atoms with Crippen LogP contribution in [0.4, 0.5) is 5.82 Å². The van der Waals surface area contributed by atoms with Gasteiger partial charge >= 0.3 is 0 Å². The van der Waals surface area contributed by atoms with E-state index in [0.717, 1.165) is 16.9 Å². The molecule has 5 heteroatoms. The number of nitrogens with zero attached hydrogens (tertiary/aromatic N) is 2. The molecular formula is C11H9N3OS. The van der Waals surface area contributed by atoms with Crippen molar-refractivity contribution in [1.82, 2.24) is 10.1 Å². The second-order valence-electron chi connectivity index (χ2n) is 3.34. The SMILES string of the molecule is c1cc2sccc2c(NCc2ccon2)n1. The average Bonchev–Trinajstić information content (AvgIpc) is 2.97. The molecule has 0 saturated heterocycles. The van der Waals surface area contributed by atoms with Gasteiger partial charge in [0, 0.05) is 22.3 Å². The zero-order chi connectivity index (χ0) is 10.8. The minimum Gasteiger partial charge on any atom is -0.364 e. The van der Waals surface area contributed by atoms with Crippen molar-refractivity contribution in [1.29, 1.82) is 0 Å². The summed E-state index contributed by atoms with van der Waals surface area (Å²) in [6, 6.07) is 5.92. The molecule has 0 aliphatic heterocycles. The Morgan fingerprint density at radius 3 is 3.19 bits per heavy atom. The summed E-state index contributed by atoms with van der Waals surface area (Å²) in [4.78, 5) is 4.32. The van der Waals surface area contributed by atoms with Gasteiger partial charge in [0.2, 0.25) is 0 Å². The van der Waals surface area contributed by atoms with Crippen LogP contribution in [0.2, 0.25) is 0 Å². The fourth-order valence-corrected chi connectivity index (χ4v) is 2.32. The lowest BCUT2D eigenvalue weighted by molar-refractivity contribution is 0.412. The Balaban J connectivity index is 1.86. The highest BCUT2D eigenvalue weighted by Crippen LogP contribution is 2.25. The van der Waals surface area contributed by atoms with Gasteiger partial charge < -0.3 is 9.84 Å². The number of hydrogen-bond acceptors (Lipinski definition) is 5. The van der Waals surface area contributed by atoms with Gasteiger partial charge in [-0.3, -0.25) is 0 Å². The molecule has 16 heavy (non-hydrogen) atoms. The van der Waals surface area contributed by atoms with Crippen LogP contribution in [0.5, 0.6) is 0 Å². The van der Waals surface area contributed by atoms with E-state index in [2.05, 4.69) is 26.9 Å². The van der Waals surface area contributed by atoms with Crippen molar-refractivity contribution in [3.63, 3.8) is 0 Å². The standard InChI is InChI=1S/C11H9N3OS/c1-4-12-11(9-3-6-16-10(1)9)13-7-8-2-5-15-14-8/h1-6H,7H2,(H,12,13). The summed E-state index contributed by atoms with van der Waals surface area (Å²) in [5, 5.41) is 10.3. The summed E-state index contributed by atoms with van der Waals surface area (Å²) < 4.78 is 6.00. The van der Waals surface area contributed by atoms with Crippen LogP contribution in [-0.2, 0) is 6.54 Å². The van der Waals surface area contributed by atoms with Crippen molar-refractivity contribution in [3.05, 3.63) is 41.7 Å². The van der Waals surface area contributed by atoms with Crippen molar-refractivity contribution in [2.75, 3.05) is 5.32 Å². The van der Waals surface area contributed by atoms with E-state index in [9.17, 15) is 0 Å². The molecule has 0 radical (unpaired) electrons. The van der Waals surface area contributed by atoms with E-state index in [1.807, 2.05) is 18.3 Å². The first-order valence-electron chi connectivity index (χ1n) is 4.89. The van der Waals surface area contributed by atoms with Crippen LogP contribution < -0.4 is 5.32 Å². The second-order valence-corrected chi connectivity index (χ2v) is 4.28. The van der Waals surface area contributed by atoms with Gasteiger partial charge in [0.15, 0.2) is 0 Å². The number of thiophene rings is 1. The fourth-order valence-electron chi connectivity index (χ4n) is 1.54. The van der Waals surface area contributed by atoms with Crippen LogP contribution in [0.1, 0.15) is 5.69 Å². The van der Waals surface area contributed by atoms with Gasteiger partial charge in [-0.25, -0.2) is 4.98 Å². The smallest absolute Gasteiger partial charge is 0.134 e. The molecule has 3 aromatic heterocycles. The first-order chi connectivity index (χ1) is 7.93. The predicted octanol–water partition coefficient (Wildman–Crippen LogP) is 2.90. The van der Waals surface area contributed by atoms with Crippen LogP contribution in [0.15, 0.2) is 40.6 Å². The van der Waals surface area contributed by atoms with Crippen LogP contribution in [0, 0.1) is 0 Å². The third kappa shape index (κ3) is 1.65. The van der Waals surface area contributed by atoms with Gasteiger partial charge in [-0.15, -0.1) is 11.3 Å². The molecule has 3 rings (SSSR count). The average molecular weight is 231 g/mol. The Hall–Kier alpha value is -1.88. The second kappa shape index (κ2) is 3.94. The van der Waals surface area contributed by atoms with Crippen LogP contribution >= 0.6 is 11.3 Å². The van der Waals surface area contributed by atoms with E-state index < -0.39 is 0 Å². The Bertz CT molecular complexity index is 588. The van der Waals surface area contributed by atoms with Gasteiger partial charge in [-0.1, -0.05) is 5.16 Å². The fraction of sp³-hybridized carbons (Fsp3) is 0.0909. The molecule has 0 aromatic carbocycles. The van der Waals surface area contributed by atoms with Crippen LogP contribution in [0.25, 0.3) is 10.1 Å². The molecule has 0 aliphatic rings. The van der Waals surface area contributed by atoms with Gasteiger partial charge in [0.05, 0.1) is 6.54 Å². The summed E-state index contributed by atoms with van der Waals surface area (Å²) >= 11 is 1.71. The number of pyridine rings is 1. The van der Waals surface area contributed by atoms with Gasteiger partial charge in [0.1, 0.15) is 17.8 Å². The van der Waals surface area contributed by atoms with Crippen LogP contribution in [0.3, 0.4) is 0 Å². The highest BCUT2D eigenvalue weighted by Gasteiger charge is 2.03. The number of hydrogen-bond donors (Lipinski definition) is 1. The van der Waals surface area contributed by atoms with Crippen molar-refractivity contribution >= 4 is 27.2 Å². The normalized spacial score (nSPS) is 10.8. The van der Waals surface area contributed by atoms with Gasteiger partial charge in [-0.05, 0) is 17.5 Å². The summed E-state index contributed by atoms with van der Waals surface area (Å²) in [6.45, 7) is 0.623. The zero-order valence-corrected chi connectivity index (χ0v) is 9.20. The van der Waals surface area contributed by atoms with E-state index in [1.165, 1.54) is 4.70 Å². The summed E-state index contributed by atoms with van der Waals surface area (Å²) in [6.07, 6.45) is 3.37. The lowest BCUT2D eigenvalue weighted by Gasteiger charge is -2.03. The summed E-state index contributed by atoms with van der Waals surface area (Å²) in [5.74, 6) is 0.891. The van der Waals surface area contributed by atoms with Crippen molar-refractivity contribution < 1.29 is 4.52 Å². The third-order valence-corrected chi connectivity index (χ3v) is 3.19. The number of anilines is 1. The molecule has 1 N–H and O–H groups in total. The highest BCUT2D eigenvalue weighted by atomic mass is 32.1. The molecule has 0 saturated carbocycles. The third-order valence-electron chi connectivity index (χ3n) is 2.31. The first kappa shape index (κ1) is 9.35. The number of rotatable bonds is 3. The molecule has 0 aliphatic carbocycles. The molecule has 4 nitrogen and oxygen atoms in total. The van der Waals surface area contributed by atoms with Crippen molar-refractivity contribution in [2.24, 2.45) is 0 Å². The monoisotopic (exact) mass is 231 g/mol. The van der Waals surface area contributed by atoms with Crippen LogP contribution in [-0.4, -0.2) is 10.1 Å². The summed E-state index contributed by atoms with van der Waals surface area (Å²) in [5.41, 5.74) is 0.869. The van der Waals surface area contributed by atoms with Crippen molar-refractivity contribution in [2.45, 2.75) is 6.54 Å². The lowest BCUT2D eigenvalue weighted by atomic mass is 10.3. The number of fused-ring (bicyclic) bond motifs is 1. The quantitative estimate of drug-likeness (QED) is 0.753. The Morgan fingerprint density at radius 2 is 2.31 bits per heavy atom. The van der Waals surface area contributed by atoms with E-state index in [1.54, 1.807) is 17.6 Å². The lowest BCUT2D eigenvalue weighted by Crippen LogP contribution is -2.01. The number of nitrogens with one attached hydrogen (secondary N) is 1. The highest BCUT2D eigenvalue weighted by molar-refractivity contribution is 7.17. The Kier molecular flexibility index (Phi) is 2.30. The maximum Gasteiger partial charge on any atom is 0.134 e. The summed E-state index contributed by atoms with van der Waals surface area (Å²) in [7, 11) is 0. The zero-order valence-electron chi connectivity index (χ0n) is 8.38. The molecule has 0 spiro atoms. The van der Waals surface area contributed by atoms with E-state index in [-0.39, 0.29) is 0 Å². The number of aromatic nitrogens is 2. The maximum atomic E-state index is 4.77. The molecule has 3 heterocycles. The molecule has 0 fully saturated rings. The van der Waals surface area contributed by atoms with Crippen molar-refractivity contribution in [3.8, 4) is 0 Å². The molecule has 0 bridgehead atoms. The molecule has 0 atom stereocenters. The predicted molar refractivity (Wildman–Crippen MR) is 63.4 cm³/mol. The minimum absolute atomic E-state index is 0.623. The Labute approximate surface area is 95.9 Å². The van der Waals surface area contributed by atoms with Gasteiger partial charge in [-0.2, -0.15) is 0 Å². The molecule has 0 unspecified atom stereocenters. The Morgan fingerprint density at radius 1 is 1.31 bits per heavy atom. The first-order valence-corrected chi connectivity index (χ1v) is 5.77. The molecule has 0 amide bonds. The van der Waals surface area contributed by atoms with E-state index >= 15 is 0 Å². The maximum absolute atomic E-state index is 4.77. The molecular weight excluding hydrogens is 222 g/mol. The largest absolute Gasteiger partial charge is 0.364 e. The van der Waals surface area contributed by atoms with E-state index in [0.29, 0.717) is 6.54 Å².